The third kappa shape index (κ3) is 4.70. The maximum absolute atomic E-state index is 13.6. The fourth-order valence-electron chi connectivity index (χ4n) is 5.27. The van der Waals surface area contributed by atoms with Crippen LogP contribution in [0.15, 0.2) is 60.8 Å². The number of benzene rings is 2. The highest BCUT2D eigenvalue weighted by atomic mass is 32.1. The fourth-order valence-corrected chi connectivity index (χ4v) is 6.26. The maximum atomic E-state index is 13.6. The van der Waals surface area contributed by atoms with E-state index >= 15 is 0 Å². The Morgan fingerprint density at radius 1 is 0.944 bits per heavy atom. The van der Waals surface area contributed by atoms with Crippen molar-refractivity contribution in [3.8, 4) is 21.6 Å². The number of aromatic carboxylic acids is 1. The summed E-state index contributed by atoms with van der Waals surface area (Å²) >= 11 is 1.24. The van der Waals surface area contributed by atoms with Crippen molar-refractivity contribution < 1.29 is 14.7 Å². The van der Waals surface area contributed by atoms with Gasteiger partial charge in [-0.1, -0.05) is 37.3 Å². The van der Waals surface area contributed by atoms with Crippen LogP contribution in [0.3, 0.4) is 0 Å². The van der Waals surface area contributed by atoms with E-state index in [-0.39, 0.29) is 22.7 Å². The molecule has 2 aromatic heterocycles. The van der Waals surface area contributed by atoms with Gasteiger partial charge in [0.1, 0.15) is 4.88 Å². The van der Waals surface area contributed by atoms with Crippen molar-refractivity contribution in [3.05, 3.63) is 65.7 Å². The first-order valence-corrected chi connectivity index (χ1v) is 13.5. The first-order chi connectivity index (χ1) is 17.3. The summed E-state index contributed by atoms with van der Waals surface area (Å²) in [5, 5.41) is 11.2. The Bertz CT molecular complexity index is 1390. The third-order valence-corrected chi connectivity index (χ3v) is 8.50. The normalized spacial score (nSPS) is 18.0. The number of nitrogens with zero attached hydrogens (tertiary/aromatic N) is 1. The molecule has 1 amide bonds. The number of nitrogens with one attached hydrogen (secondary N) is 1. The number of carboxylic acid groups (broad SMARTS) is 1. The van der Waals surface area contributed by atoms with E-state index in [2.05, 4.69) is 48.3 Å². The summed E-state index contributed by atoms with van der Waals surface area (Å²) < 4.78 is 0. The molecule has 5 nitrogen and oxygen atoms in total. The summed E-state index contributed by atoms with van der Waals surface area (Å²) in [6.45, 7) is 6.16. The van der Waals surface area contributed by atoms with Crippen molar-refractivity contribution in [2.75, 3.05) is 4.90 Å². The third-order valence-electron chi connectivity index (χ3n) is 7.34. The molecule has 0 unspecified atom stereocenters. The SMILES string of the molecule is CC(C)N(c1cc(-c2ccc(-c3ccc4[nH]ccc4c3)cc2)sc1C(=O)O)C(=O)[C@H]1CC[C@H](C)CC1. The van der Waals surface area contributed by atoms with Crippen molar-refractivity contribution in [1.82, 2.24) is 4.98 Å². The van der Waals surface area contributed by atoms with Crippen LogP contribution in [0.5, 0.6) is 0 Å². The monoisotopic (exact) mass is 500 g/mol. The number of hydrogen-bond acceptors (Lipinski definition) is 3. The van der Waals surface area contributed by atoms with Gasteiger partial charge in [-0.3, -0.25) is 4.79 Å². The number of carbonyl (C=O) groups excluding carboxylic acids is 1. The number of anilines is 1. The van der Waals surface area contributed by atoms with Gasteiger partial charge in [-0.25, -0.2) is 4.79 Å². The minimum absolute atomic E-state index is 0.0368. The highest BCUT2D eigenvalue weighted by Crippen LogP contribution is 2.40. The molecule has 36 heavy (non-hydrogen) atoms. The van der Waals surface area contributed by atoms with Crippen LogP contribution in [0.4, 0.5) is 5.69 Å². The Balaban J connectivity index is 1.46. The number of thiophene rings is 1. The smallest absolute Gasteiger partial charge is 0.348 e. The molecule has 2 N–H and O–H groups in total. The molecule has 1 aliphatic carbocycles. The van der Waals surface area contributed by atoms with Crippen LogP contribution in [0, 0.1) is 11.8 Å². The van der Waals surface area contributed by atoms with Crippen LogP contribution in [0.2, 0.25) is 0 Å². The lowest BCUT2D eigenvalue weighted by atomic mass is 9.82. The van der Waals surface area contributed by atoms with E-state index in [1.54, 1.807) is 4.90 Å². The van der Waals surface area contributed by atoms with Crippen LogP contribution in [-0.2, 0) is 4.79 Å². The highest BCUT2D eigenvalue weighted by molar-refractivity contribution is 7.18. The number of carbonyl (C=O) groups is 2. The molecule has 0 spiro atoms. The zero-order chi connectivity index (χ0) is 25.4. The number of amides is 1. The summed E-state index contributed by atoms with van der Waals surface area (Å²) in [7, 11) is 0. The van der Waals surface area contributed by atoms with Crippen LogP contribution in [-0.4, -0.2) is 28.0 Å². The summed E-state index contributed by atoms with van der Waals surface area (Å²) in [6, 6.07) is 18.3. The van der Waals surface area contributed by atoms with E-state index in [9.17, 15) is 14.7 Å². The van der Waals surface area contributed by atoms with Gasteiger partial charge in [-0.05, 0) is 91.8 Å². The molecule has 4 aromatic rings. The molecule has 0 aliphatic heterocycles. The minimum Gasteiger partial charge on any atom is -0.477 e. The maximum Gasteiger partial charge on any atom is 0.348 e. The summed E-state index contributed by atoms with van der Waals surface area (Å²) in [4.78, 5) is 31.8. The lowest BCUT2D eigenvalue weighted by Gasteiger charge is -2.33. The van der Waals surface area contributed by atoms with E-state index in [1.807, 2.05) is 38.2 Å². The second-order valence-electron chi connectivity index (χ2n) is 10.2. The molecule has 2 heterocycles. The van der Waals surface area contributed by atoms with E-state index < -0.39 is 5.97 Å². The predicted molar refractivity (Wildman–Crippen MR) is 148 cm³/mol. The van der Waals surface area contributed by atoms with Crippen molar-refractivity contribution >= 4 is 39.8 Å². The van der Waals surface area contributed by atoms with Gasteiger partial charge >= 0.3 is 5.97 Å². The molecule has 0 bridgehead atoms. The van der Waals surface area contributed by atoms with Gasteiger partial charge < -0.3 is 15.0 Å². The fraction of sp³-hybridized carbons (Fsp3) is 0.333. The predicted octanol–water partition coefficient (Wildman–Crippen LogP) is 7.83. The average Bonchev–Trinajstić information content (AvgIpc) is 3.51. The van der Waals surface area contributed by atoms with E-state index in [0.29, 0.717) is 11.6 Å². The zero-order valence-electron chi connectivity index (χ0n) is 21.0. The number of rotatable bonds is 6. The molecule has 1 aliphatic rings. The van der Waals surface area contributed by atoms with Gasteiger partial charge in [0, 0.05) is 28.6 Å². The number of H-pyrrole nitrogens is 1. The second kappa shape index (κ2) is 9.94. The van der Waals surface area contributed by atoms with Crippen LogP contribution < -0.4 is 4.90 Å². The average molecular weight is 501 g/mol. The summed E-state index contributed by atoms with van der Waals surface area (Å²) in [5.74, 6) is -0.324. The number of carboxylic acids is 1. The van der Waals surface area contributed by atoms with Crippen LogP contribution >= 0.6 is 11.3 Å². The first-order valence-electron chi connectivity index (χ1n) is 12.7. The molecule has 0 atom stereocenters. The molecular weight excluding hydrogens is 468 g/mol. The molecule has 1 fully saturated rings. The first kappa shape index (κ1) is 24.3. The molecule has 5 rings (SSSR count). The highest BCUT2D eigenvalue weighted by Gasteiger charge is 2.33. The van der Waals surface area contributed by atoms with Crippen LogP contribution in [0.1, 0.15) is 56.1 Å². The van der Waals surface area contributed by atoms with Crippen LogP contribution in [0.25, 0.3) is 32.5 Å². The Morgan fingerprint density at radius 2 is 1.61 bits per heavy atom. The van der Waals surface area contributed by atoms with Gasteiger partial charge in [0.25, 0.3) is 0 Å². The molecule has 1 saturated carbocycles. The largest absolute Gasteiger partial charge is 0.477 e. The van der Waals surface area contributed by atoms with E-state index in [0.717, 1.165) is 58.2 Å². The van der Waals surface area contributed by atoms with Gasteiger partial charge in [0.05, 0.1) is 5.69 Å². The Hall–Kier alpha value is -3.38. The molecule has 0 radical (unpaired) electrons. The van der Waals surface area contributed by atoms with Crippen molar-refractivity contribution in [2.45, 2.75) is 52.5 Å². The Kier molecular flexibility index (Phi) is 6.71. The standard InChI is InChI=1S/C30H32N2O3S/c1-18(2)32(29(33)22-6-4-19(3)5-7-22)26-17-27(36-28(26)30(34)35)21-10-8-20(9-11-21)23-12-13-25-24(16-23)14-15-31-25/h8-19,22,31H,4-7H2,1-3H3,(H,34,35)/t19-,22-. The number of hydrogen-bond donors (Lipinski definition) is 2. The molecule has 186 valence electrons. The number of fused-ring (bicyclic) bond motifs is 1. The van der Waals surface area contributed by atoms with Gasteiger partial charge in [-0.15, -0.1) is 11.3 Å². The van der Waals surface area contributed by atoms with E-state index in [1.165, 1.54) is 11.3 Å². The summed E-state index contributed by atoms with van der Waals surface area (Å²) in [6.07, 6.45) is 5.78. The van der Waals surface area contributed by atoms with Gasteiger partial charge in [0.15, 0.2) is 0 Å². The quantitative estimate of drug-likeness (QED) is 0.283. The minimum atomic E-state index is -0.992. The number of aromatic amines is 1. The number of aromatic nitrogens is 1. The van der Waals surface area contributed by atoms with Crippen molar-refractivity contribution in [1.29, 1.82) is 0 Å². The Labute approximate surface area is 215 Å². The van der Waals surface area contributed by atoms with Gasteiger partial charge in [-0.2, -0.15) is 0 Å². The van der Waals surface area contributed by atoms with Crippen molar-refractivity contribution in [3.63, 3.8) is 0 Å². The van der Waals surface area contributed by atoms with Gasteiger partial charge in [0.2, 0.25) is 5.91 Å². The topological polar surface area (TPSA) is 73.4 Å². The van der Waals surface area contributed by atoms with E-state index in [4.69, 9.17) is 0 Å². The van der Waals surface area contributed by atoms with Crippen molar-refractivity contribution in [2.24, 2.45) is 11.8 Å². The Morgan fingerprint density at radius 3 is 2.28 bits per heavy atom. The molecular formula is C30H32N2O3S. The lowest BCUT2D eigenvalue weighted by molar-refractivity contribution is -0.123. The lowest BCUT2D eigenvalue weighted by Crippen LogP contribution is -2.42. The molecule has 0 saturated heterocycles. The zero-order valence-corrected chi connectivity index (χ0v) is 21.8. The second-order valence-corrected chi connectivity index (χ2v) is 11.3. The summed E-state index contributed by atoms with van der Waals surface area (Å²) in [5.41, 5.74) is 4.80. The molecule has 2 aromatic carbocycles. The molecule has 6 heteroatoms.